The number of carboxylic acid groups (broad SMARTS) is 1. The highest BCUT2D eigenvalue weighted by atomic mass is 19.4. The van der Waals surface area contributed by atoms with E-state index in [0.29, 0.717) is 0 Å². The fraction of sp³-hybridized carbons (Fsp3) is 0.308. The van der Waals surface area contributed by atoms with Crippen LogP contribution in [0.15, 0.2) is 30.3 Å². The maximum atomic E-state index is 10.6. The molecule has 1 aliphatic heterocycles. The molecule has 2 N–H and O–H groups in total. The Labute approximate surface area is 108 Å². The molecule has 102 valence electrons. The standard InChI is InChI=1S/C11H11N.C2HF3O2/c1-2-11(8-12-9-11)10-6-4-3-5-7-10;3-2(4,5)1(6)7/h1,3-7,12H,8-9H2;(H,6,7). The van der Waals surface area contributed by atoms with Crippen molar-refractivity contribution in [2.24, 2.45) is 0 Å². The van der Waals surface area contributed by atoms with Crippen molar-refractivity contribution in [3.05, 3.63) is 35.9 Å². The van der Waals surface area contributed by atoms with Gasteiger partial charge in [0.1, 0.15) is 0 Å². The van der Waals surface area contributed by atoms with Crippen LogP contribution >= 0.6 is 0 Å². The molecule has 1 aromatic carbocycles. The van der Waals surface area contributed by atoms with Gasteiger partial charge in [0.25, 0.3) is 0 Å². The number of benzene rings is 1. The summed E-state index contributed by atoms with van der Waals surface area (Å²) in [5, 5.41) is 10.3. The molecule has 0 unspecified atom stereocenters. The lowest BCUT2D eigenvalue weighted by molar-refractivity contribution is -0.192. The molecule has 0 bridgehead atoms. The van der Waals surface area contributed by atoms with Gasteiger partial charge < -0.3 is 10.4 Å². The number of nitrogens with one attached hydrogen (secondary N) is 1. The third-order valence-electron chi connectivity index (χ3n) is 2.70. The lowest BCUT2D eigenvalue weighted by Crippen LogP contribution is -2.55. The van der Waals surface area contributed by atoms with Crippen molar-refractivity contribution in [1.82, 2.24) is 5.32 Å². The minimum absolute atomic E-state index is 0.0265. The van der Waals surface area contributed by atoms with Crippen molar-refractivity contribution in [2.75, 3.05) is 13.1 Å². The first-order chi connectivity index (χ1) is 8.82. The van der Waals surface area contributed by atoms with E-state index in [1.165, 1.54) is 5.56 Å². The third kappa shape index (κ3) is 3.73. The van der Waals surface area contributed by atoms with Gasteiger partial charge in [-0.05, 0) is 5.56 Å². The van der Waals surface area contributed by atoms with Crippen LogP contribution in [0.4, 0.5) is 13.2 Å². The van der Waals surface area contributed by atoms with Crippen LogP contribution in [-0.2, 0) is 10.2 Å². The van der Waals surface area contributed by atoms with Crippen molar-refractivity contribution < 1.29 is 23.1 Å². The Kier molecular flexibility index (Phi) is 4.57. The molecule has 1 fully saturated rings. The highest BCUT2D eigenvalue weighted by Crippen LogP contribution is 2.26. The quantitative estimate of drug-likeness (QED) is 0.766. The maximum absolute atomic E-state index is 10.6. The van der Waals surface area contributed by atoms with Crippen LogP contribution in [0.2, 0.25) is 0 Å². The largest absolute Gasteiger partial charge is 0.490 e. The number of hydrogen-bond donors (Lipinski definition) is 2. The number of rotatable bonds is 1. The van der Waals surface area contributed by atoms with E-state index in [-0.39, 0.29) is 5.41 Å². The smallest absolute Gasteiger partial charge is 0.475 e. The first-order valence-electron chi connectivity index (χ1n) is 5.36. The fourth-order valence-corrected chi connectivity index (χ4v) is 1.52. The van der Waals surface area contributed by atoms with Crippen LogP contribution in [0.3, 0.4) is 0 Å². The molecule has 1 aliphatic rings. The van der Waals surface area contributed by atoms with Gasteiger partial charge in [0.15, 0.2) is 0 Å². The molecule has 0 aliphatic carbocycles. The van der Waals surface area contributed by atoms with Crippen molar-refractivity contribution >= 4 is 5.97 Å². The van der Waals surface area contributed by atoms with Crippen LogP contribution in [-0.4, -0.2) is 30.3 Å². The van der Waals surface area contributed by atoms with Crippen molar-refractivity contribution in [3.63, 3.8) is 0 Å². The predicted octanol–water partition coefficient (Wildman–Crippen LogP) is 1.79. The van der Waals surface area contributed by atoms with Crippen LogP contribution in [0.5, 0.6) is 0 Å². The van der Waals surface area contributed by atoms with Crippen molar-refractivity contribution in [2.45, 2.75) is 11.6 Å². The zero-order valence-electron chi connectivity index (χ0n) is 9.87. The van der Waals surface area contributed by atoms with Gasteiger partial charge in [-0.25, -0.2) is 4.79 Å². The van der Waals surface area contributed by atoms with E-state index in [4.69, 9.17) is 16.3 Å². The summed E-state index contributed by atoms with van der Waals surface area (Å²) in [7, 11) is 0. The number of carbonyl (C=O) groups is 1. The van der Waals surface area contributed by atoms with Gasteiger partial charge in [0, 0.05) is 13.1 Å². The second-order valence-corrected chi connectivity index (χ2v) is 4.00. The number of aliphatic carboxylic acids is 1. The molecule has 0 aromatic heterocycles. The summed E-state index contributed by atoms with van der Waals surface area (Å²) in [6.45, 7) is 1.82. The van der Waals surface area contributed by atoms with Gasteiger partial charge in [0.2, 0.25) is 0 Å². The molecule has 0 saturated carbocycles. The van der Waals surface area contributed by atoms with E-state index in [0.717, 1.165) is 13.1 Å². The average Bonchev–Trinajstić information content (AvgIpc) is 2.29. The minimum atomic E-state index is -5.08. The molecule has 6 heteroatoms. The Morgan fingerprint density at radius 2 is 1.79 bits per heavy atom. The highest BCUT2D eigenvalue weighted by Gasteiger charge is 2.38. The lowest BCUT2D eigenvalue weighted by atomic mass is 9.76. The van der Waals surface area contributed by atoms with Crippen LogP contribution in [0.1, 0.15) is 5.56 Å². The normalized spacial score (nSPS) is 16.3. The topological polar surface area (TPSA) is 49.3 Å². The summed E-state index contributed by atoms with van der Waals surface area (Å²) in [4.78, 5) is 8.90. The first kappa shape index (κ1) is 15.1. The van der Waals surface area contributed by atoms with Crippen LogP contribution < -0.4 is 5.32 Å². The van der Waals surface area contributed by atoms with E-state index in [1.807, 2.05) is 18.2 Å². The maximum Gasteiger partial charge on any atom is 0.490 e. The lowest BCUT2D eigenvalue weighted by Gasteiger charge is -2.38. The average molecular weight is 271 g/mol. The molecule has 1 saturated heterocycles. The summed E-state index contributed by atoms with van der Waals surface area (Å²) >= 11 is 0. The number of carboxylic acids is 1. The minimum Gasteiger partial charge on any atom is -0.475 e. The Bertz CT molecular complexity index is 473. The van der Waals surface area contributed by atoms with Crippen LogP contribution in [0, 0.1) is 12.3 Å². The zero-order chi connectivity index (χ0) is 14.5. The van der Waals surface area contributed by atoms with Crippen molar-refractivity contribution in [3.8, 4) is 12.3 Å². The molecule has 0 amide bonds. The van der Waals surface area contributed by atoms with Gasteiger partial charge in [0.05, 0.1) is 5.41 Å². The molecular formula is C13H12F3NO2. The predicted molar refractivity (Wildman–Crippen MR) is 63.5 cm³/mol. The monoisotopic (exact) mass is 271 g/mol. The van der Waals surface area contributed by atoms with Gasteiger partial charge in [-0.3, -0.25) is 0 Å². The fourth-order valence-electron chi connectivity index (χ4n) is 1.52. The van der Waals surface area contributed by atoms with E-state index in [9.17, 15) is 13.2 Å². The second-order valence-electron chi connectivity index (χ2n) is 4.00. The van der Waals surface area contributed by atoms with Gasteiger partial charge in [-0.2, -0.15) is 13.2 Å². The summed E-state index contributed by atoms with van der Waals surface area (Å²) < 4.78 is 31.7. The number of alkyl halides is 3. The summed E-state index contributed by atoms with van der Waals surface area (Å²) in [5.41, 5.74) is 1.23. The first-order valence-corrected chi connectivity index (χ1v) is 5.36. The number of halogens is 3. The summed E-state index contributed by atoms with van der Waals surface area (Å²) in [6.07, 6.45) is 0.427. The summed E-state index contributed by atoms with van der Waals surface area (Å²) in [6, 6.07) is 10.3. The SMILES string of the molecule is C#CC1(c2ccccc2)CNC1.O=C(O)C(F)(F)F. The molecule has 3 nitrogen and oxygen atoms in total. The number of terminal acetylenes is 1. The van der Waals surface area contributed by atoms with E-state index in [2.05, 4.69) is 23.4 Å². The molecular weight excluding hydrogens is 259 g/mol. The Morgan fingerprint density at radius 3 is 2.05 bits per heavy atom. The zero-order valence-corrected chi connectivity index (χ0v) is 9.87. The highest BCUT2D eigenvalue weighted by molar-refractivity contribution is 5.73. The summed E-state index contributed by atoms with van der Waals surface area (Å²) in [5.74, 6) is 0.112. The van der Waals surface area contributed by atoms with Crippen molar-refractivity contribution in [1.29, 1.82) is 0 Å². The Hall–Kier alpha value is -2.00. The molecule has 0 radical (unpaired) electrons. The third-order valence-corrected chi connectivity index (χ3v) is 2.70. The van der Waals surface area contributed by atoms with Gasteiger partial charge in [-0.1, -0.05) is 36.3 Å². The van der Waals surface area contributed by atoms with E-state index in [1.54, 1.807) is 0 Å². The second kappa shape index (κ2) is 5.76. The molecule has 1 heterocycles. The molecule has 19 heavy (non-hydrogen) atoms. The molecule has 2 rings (SSSR count). The molecule has 1 aromatic rings. The molecule has 0 atom stereocenters. The number of hydrogen-bond acceptors (Lipinski definition) is 2. The molecule has 0 spiro atoms. The Balaban J connectivity index is 0.000000224. The Morgan fingerprint density at radius 1 is 1.32 bits per heavy atom. The van der Waals surface area contributed by atoms with Crippen LogP contribution in [0.25, 0.3) is 0 Å². The van der Waals surface area contributed by atoms with E-state index >= 15 is 0 Å². The van der Waals surface area contributed by atoms with E-state index < -0.39 is 12.1 Å². The van der Waals surface area contributed by atoms with Gasteiger partial charge in [-0.15, -0.1) is 6.42 Å². The van der Waals surface area contributed by atoms with Gasteiger partial charge >= 0.3 is 12.1 Å².